The van der Waals surface area contributed by atoms with Crippen LogP contribution in [0.3, 0.4) is 0 Å². The van der Waals surface area contributed by atoms with Crippen molar-refractivity contribution in [2.75, 3.05) is 17.1 Å². The van der Waals surface area contributed by atoms with Gasteiger partial charge in [-0.3, -0.25) is 9.10 Å². The summed E-state index contributed by atoms with van der Waals surface area (Å²) in [5, 5.41) is 2.89. The Morgan fingerprint density at radius 3 is 2.52 bits per heavy atom. The van der Waals surface area contributed by atoms with Gasteiger partial charge in [0.2, 0.25) is 15.9 Å². The Balaban J connectivity index is 2.17. The molecule has 0 saturated carbocycles. The summed E-state index contributed by atoms with van der Waals surface area (Å²) in [4.78, 5) is 12.6. The van der Waals surface area contributed by atoms with E-state index in [1.165, 1.54) is 16.3 Å². The van der Waals surface area contributed by atoms with Crippen molar-refractivity contribution in [2.24, 2.45) is 0 Å². The number of rotatable bonds is 6. The van der Waals surface area contributed by atoms with Crippen LogP contribution in [-0.4, -0.2) is 33.2 Å². The molecule has 2 rings (SSSR count). The molecule has 1 aromatic rings. The van der Waals surface area contributed by atoms with E-state index in [2.05, 4.69) is 11.4 Å². The van der Waals surface area contributed by atoms with Gasteiger partial charge >= 0.3 is 0 Å². The number of amides is 1. The molecule has 0 fully saturated rings. The lowest BCUT2D eigenvalue weighted by molar-refractivity contribution is -0.121. The van der Waals surface area contributed by atoms with Crippen molar-refractivity contribution in [2.45, 2.75) is 52.5 Å². The lowest BCUT2D eigenvalue weighted by Gasteiger charge is -2.29. The van der Waals surface area contributed by atoms with Crippen molar-refractivity contribution in [3.05, 3.63) is 41.0 Å². The fourth-order valence-electron chi connectivity index (χ4n) is 3.09. The van der Waals surface area contributed by atoms with Gasteiger partial charge in [-0.05, 0) is 69.7 Å². The fraction of sp³-hybridized carbons (Fsp3) is 0.526. The number of benzene rings is 1. The molecule has 0 spiro atoms. The first-order valence-corrected chi connectivity index (χ1v) is 10.6. The van der Waals surface area contributed by atoms with Crippen molar-refractivity contribution >= 4 is 21.6 Å². The molecule has 1 aromatic carbocycles. The Labute approximate surface area is 151 Å². The molecule has 1 atom stereocenters. The van der Waals surface area contributed by atoms with Gasteiger partial charge in [-0.2, -0.15) is 0 Å². The smallest absolute Gasteiger partial charge is 0.243 e. The first-order valence-electron chi connectivity index (χ1n) is 8.72. The van der Waals surface area contributed by atoms with Crippen molar-refractivity contribution < 1.29 is 13.2 Å². The van der Waals surface area contributed by atoms with Gasteiger partial charge in [0.1, 0.15) is 6.04 Å². The van der Waals surface area contributed by atoms with Crippen molar-refractivity contribution in [1.29, 1.82) is 0 Å². The molecule has 0 aromatic heterocycles. The molecule has 1 aliphatic carbocycles. The van der Waals surface area contributed by atoms with Gasteiger partial charge < -0.3 is 5.32 Å². The van der Waals surface area contributed by atoms with Gasteiger partial charge in [0, 0.05) is 6.54 Å². The van der Waals surface area contributed by atoms with E-state index in [1.807, 2.05) is 26.0 Å². The average molecular weight is 365 g/mol. The maximum atomic E-state index is 12.6. The number of nitrogens with one attached hydrogen (secondary N) is 1. The molecular formula is C19H28N2O3S. The third kappa shape index (κ3) is 5.08. The molecule has 5 nitrogen and oxygen atoms in total. The topological polar surface area (TPSA) is 66.5 Å². The first-order chi connectivity index (χ1) is 11.7. The summed E-state index contributed by atoms with van der Waals surface area (Å²) in [5.74, 6) is -0.282. The second-order valence-electron chi connectivity index (χ2n) is 6.83. The van der Waals surface area contributed by atoms with Gasteiger partial charge in [0.25, 0.3) is 0 Å². The van der Waals surface area contributed by atoms with Crippen LogP contribution in [0.15, 0.2) is 29.8 Å². The van der Waals surface area contributed by atoms with Crippen LogP contribution in [0.5, 0.6) is 0 Å². The van der Waals surface area contributed by atoms with Crippen LogP contribution in [-0.2, 0) is 14.8 Å². The number of allylic oxidation sites excluding steroid dienone is 1. The molecule has 0 unspecified atom stereocenters. The van der Waals surface area contributed by atoms with Crippen LogP contribution in [0.25, 0.3) is 0 Å². The molecule has 0 saturated heterocycles. The van der Waals surface area contributed by atoms with Crippen LogP contribution >= 0.6 is 0 Å². The number of carbonyl (C=O) groups excluding carboxylic acids is 1. The van der Waals surface area contributed by atoms with E-state index in [4.69, 9.17) is 0 Å². The molecule has 25 heavy (non-hydrogen) atoms. The van der Waals surface area contributed by atoms with E-state index in [1.54, 1.807) is 13.0 Å². The Morgan fingerprint density at radius 2 is 1.96 bits per heavy atom. The summed E-state index contributed by atoms with van der Waals surface area (Å²) >= 11 is 0. The Kier molecular flexibility index (Phi) is 6.27. The van der Waals surface area contributed by atoms with Gasteiger partial charge in [-0.15, -0.1) is 0 Å². The monoisotopic (exact) mass is 364 g/mol. The van der Waals surface area contributed by atoms with E-state index in [0.717, 1.165) is 36.6 Å². The predicted molar refractivity (Wildman–Crippen MR) is 102 cm³/mol. The highest BCUT2D eigenvalue weighted by Crippen LogP contribution is 2.24. The van der Waals surface area contributed by atoms with E-state index < -0.39 is 16.1 Å². The predicted octanol–water partition coefficient (Wildman–Crippen LogP) is 3.07. The van der Waals surface area contributed by atoms with E-state index in [9.17, 15) is 13.2 Å². The third-order valence-electron chi connectivity index (χ3n) is 4.71. The van der Waals surface area contributed by atoms with E-state index in [-0.39, 0.29) is 5.91 Å². The highest BCUT2D eigenvalue weighted by molar-refractivity contribution is 7.92. The minimum atomic E-state index is -3.58. The van der Waals surface area contributed by atoms with Gasteiger partial charge in [-0.25, -0.2) is 8.42 Å². The molecule has 1 aliphatic rings. The standard InChI is InChI=1S/C19H28N2O3S/c1-14-10-11-18(12-15(14)2)21(25(4,23)24)16(3)19(22)20-13-17-8-6-5-7-9-17/h8,10-12,16H,5-7,9,13H2,1-4H3,(H,20,22)/t16-/m1/s1. The Morgan fingerprint density at radius 1 is 1.24 bits per heavy atom. The summed E-state index contributed by atoms with van der Waals surface area (Å²) in [7, 11) is -3.58. The zero-order chi connectivity index (χ0) is 18.6. The zero-order valence-electron chi connectivity index (χ0n) is 15.5. The van der Waals surface area contributed by atoms with Gasteiger partial charge in [-0.1, -0.05) is 17.7 Å². The molecule has 0 heterocycles. The molecule has 138 valence electrons. The molecule has 1 amide bonds. The SMILES string of the molecule is Cc1ccc(N([C@H](C)C(=O)NCC2=CCCCC2)S(C)(=O)=O)cc1C. The largest absolute Gasteiger partial charge is 0.351 e. The maximum Gasteiger partial charge on any atom is 0.243 e. The molecular weight excluding hydrogens is 336 g/mol. The van der Waals surface area contributed by atoms with Gasteiger partial charge in [0.15, 0.2) is 0 Å². The number of carbonyl (C=O) groups is 1. The van der Waals surface area contributed by atoms with Crippen LogP contribution in [0.2, 0.25) is 0 Å². The lowest BCUT2D eigenvalue weighted by atomic mass is 10.00. The van der Waals surface area contributed by atoms with Crippen molar-refractivity contribution in [1.82, 2.24) is 5.32 Å². The number of sulfonamides is 1. The minimum Gasteiger partial charge on any atom is -0.351 e. The molecule has 6 heteroatoms. The fourth-order valence-corrected chi connectivity index (χ4v) is 4.25. The van der Waals surface area contributed by atoms with Crippen molar-refractivity contribution in [3.8, 4) is 0 Å². The maximum absolute atomic E-state index is 12.6. The molecule has 1 N–H and O–H groups in total. The molecule has 0 bridgehead atoms. The summed E-state index contributed by atoms with van der Waals surface area (Å²) in [5.41, 5.74) is 3.82. The lowest BCUT2D eigenvalue weighted by Crippen LogP contribution is -2.48. The zero-order valence-corrected chi connectivity index (χ0v) is 16.3. The second kappa shape index (κ2) is 8.04. The highest BCUT2D eigenvalue weighted by Gasteiger charge is 2.29. The molecule has 0 radical (unpaired) electrons. The van der Waals surface area contributed by atoms with Crippen LogP contribution in [0.1, 0.15) is 43.7 Å². The van der Waals surface area contributed by atoms with E-state index >= 15 is 0 Å². The Hall–Kier alpha value is -1.82. The first kappa shape index (κ1) is 19.5. The second-order valence-corrected chi connectivity index (χ2v) is 8.69. The van der Waals surface area contributed by atoms with Gasteiger partial charge in [0.05, 0.1) is 11.9 Å². The van der Waals surface area contributed by atoms with Crippen LogP contribution < -0.4 is 9.62 Å². The highest BCUT2D eigenvalue weighted by atomic mass is 32.2. The Bertz CT molecular complexity index is 769. The summed E-state index contributed by atoms with van der Waals surface area (Å²) < 4.78 is 25.8. The van der Waals surface area contributed by atoms with Crippen molar-refractivity contribution in [3.63, 3.8) is 0 Å². The van der Waals surface area contributed by atoms with Crippen LogP contribution in [0, 0.1) is 13.8 Å². The van der Waals surface area contributed by atoms with Crippen LogP contribution in [0.4, 0.5) is 5.69 Å². The molecule has 0 aliphatic heterocycles. The number of aryl methyl sites for hydroxylation is 2. The normalized spacial score (nSPS) is 16.1. The number of nitrogens with zero attached hydrogens (tertiary/aromatic N) is 1. The number of anilines is 1. The minimum absolute atomic E-state index is 0.282. The summed E-state index contributed by atoms with van der Waals surface area (Å²) in [6.07, 6.45) is 7.71. The average Bonchev–Trinajstić information content (AvgIpc) is 2.55. The van der Waals surface area contributed by atoms with E-state index in [0.29, 0.717) is 12.2 Å². The quantitative estimate of drug-likeness (QED) is 0.789. The number of hydrogen-bond donors (Lipinski definition) is 1. The number of hydrogen-bond acceptors (Lipinski definition) is 3. The third-order valence-corrected chi connectivity index (χ3v) is 5.95. The summed E-state index contributed by atoms with van der Waals surface area (Å²) in [6.45, 7) is 6.02. The summed E-state index contributed by atoms with van der Waals surface area (Å²) in [6, 6.07) is 4.63.